The second-order valence-corrected chi connectivity index (χ2v) is 4.32. The lowest BCUT2D eigenvalue weighted by Crippen LogP contribution is -2.20. The molecule has 0 atom stereocenters. The molecular weight excluding hydrogens is 302 g/mol. The number of non-ortho nitro benzene ring substituents is 1. The number of benzene rings is 1. The largest absolute Gasteiger partial charge is 0.299 e. The Morgan fingerprint density at radius 3 is 1.45 bits per heavy atom. The first-order valence-corrected chi connectivity index (χ1v) is 5.70. The van der Waals surface area contributed by atoms with Crippen LogP contribution >= 0.6 is 0 Å². The first-order chi connectivity index (χ1) is 10.1. The molecule has 0 radical (unpaired) electrons. The van der Waals surface area contributed by atoms with Gasteiger partial charge in [-0.25, -0.2) is 0 Å². The SMILES string of the molecule is CC(=O)C(C(C)=O)c1c([N+](=O)[O-])cc([N+](=O)[O-])cc1[N+](=O)[O-]. The molecule has 0 saturated heterocycles. The Bertz CT molecular complexity index is 662. The van der Waals surface area contributed by atoms with E-state index in [9.17, 15) is 39.9 Å². The number of Topliss-reactive ketones (excluding diaryl/α,β-unsaturated/α-hetero) is 2. The molecule has 0 aliphatic carbocycles. The molecule has 1 rings (SSSR count). The Morgan fingerprint density at radius 1 is 0.864 bits per heavy atom. The van der Waals surface area contributed by atoms with Gasteiger partial charge in [0.1, 0.15) is 23.0 Å². The second-order valence-electron chi connectivity index (χ2n) is 4.32. The van der Waals surface area contributed by atoms with E-state index in [0.29, 0.717) is 12.1 Å². The van der Waals surface area contributed by atoms with Gasteiger partial charge in [-0.15, -0.1) is 0 Å². The Hall–Kier alpha value is -3.24. The molecule has 0 unspecified atom stereocenters. The van der Waals surface area contributed by atoms with Gasteiger partial charge in [0, 0.05) is 0 Å². The number of ketones is 2. The Kier molecular flexibility index (Phi) is 4.61. The van der Waals surface area contributed by atoms with Crippen LogP contribution in [0.3, 0.4) is 0 Å². The minimum atomic E-state index is -1.73. The molecule has 0 aromatic heterocycles. The lowest BCUT2D eigenvalue weighted by Gasteiger charge is -2.11. The van der Waals surface area contributed by atoms with Gasteiger partial charge >= 0.3 is 0 Å². The summed E-state index contributed by atoms with van der Waals surface area (Å²) in [5.41, 5.74) is -3.67. The molecule has 0 bridgehead atoms. The van der Waals surface area contributed by atoms with Crippen molar-refractivity contribution in [2.45, 2.75) is 19.8 Å². The van der Waals surface area contributed by atoms with E-state index < -0.39 is 54.9 Å². The van der Waals surface area contributed by atoms with Gasteiger partial charge in [-0.05, 0) is 13.8 Å². The van der Waals surface area contributed by atoms with Crippen LogP contribution in [-0.2, 0) is 9.59 Å². The average Bonchev–Trinajstić information content (AvgIpc) is 2.36. The first-order valence-electron chi connectivity index (χ1n) is 5.70. The molecular formula is C11H9N3O8. The molecule has 1 aromatic rings. The Balaban J connectivity index is 3.90. The molecule has 0 fully saturated rings. The van der Waals surface area contributed by atoms with Gasteiger partial charge in [-0.2, -0.15) is 0 Å². The molecule has 0 aliphatic rings. The predicted octanol–water partition coefficient (Wildman–Crippen LogP) is 1.67. The normalized spacial score (nSPS) is 10.3. The van der Waals surface area contributed by atoms with Gasteiger partial charge in [-0.1, -0.05) is 0 Å². The molecule has 0 amide bonds. The van der Waals surface area contributed by atoms with Crippen molar-refractivity contribution in [2.75, 3.05) is 0 Å². The highest BCUT2D eigenvalue weighted by atomic mass is 16.6. The van der Waals surface area contributed by atoms with E-state index in [1.54, 1.807) is 0 Å². The number of hydrogen-bond acceptors (Lipinski definition) is 8. The number of nitrogens with zero attached hydrogens (tertiary/aromatic N) is 3. The molecule has 0 spiro atoms. The molecule has 11 nitrogen and oxygen atoms in total. The van der Waals surface area contributed by atoms with Gasteiger partial charge in [-0.3, -0.25) is 39.9 Å². The minimum Gasteiger partial charge on any atom is -0.299 e. The van der Waals surface area contributed by atoms with Gasteiger partial charge in [0.15, 0.2) is 0 Å². The lowest BCUT2D eigenvalue weighted by molar-refractivity contribution is -0.404. The van der Waals surface area contributed by atoms with Crippen molar-refractivity contribution in [1.29, 1.82) is 0 Å². The number of nitro benzene ring substituents is 3. The van der Waals surface area contributed by atoms with Crippen molar-refractivity contribution < 1.29 is 24.4 Å². The van der Waals surface area contributed by atoms with Crippen LogP contribution in [-0.4, -0.2) is 26.3 Å². The second kappa shape index (κ2) is 6.03. The maximum Gasteiger partial charge on any atom is 0.287 e. The molecule has 0 heterocycles. The summed E-state index contributed by atoms with van der Waals surface area (Å²) in [4.78, 5) is 52.7. The minimum absolute atomic E-state index is 0.487. The van der Waals surface area contributed by atoms with E-state index in [1.165, 1.54) is 0 Å². The molecule has 0 saturated carbocycles. The van der Waals surface area contributed by atoms with Crippen LogP contribution in [0.5, 0.6) is 0 Å². The van der Waals surface area contributed by atoms with E-state index >= 15 is 0 Å². The molecule has 116 valence electrons. The van der Waals surface area contributed by atoms with Crippen LogP contribution in [0.2, 0.25) is 0 Å². The van der Waals surface area contributed by atoms with Crippen molar-refractivity contribution in [3.05, 3.63) is 48.0 Å². The summed E-state index contributed by atoms with van der Waals surface area (Å²) in [5, 5.41) is 32.8. The standard InChI is InChI=1S/C11H9N3O8/c1-5(15)10(6(2)16)11-8(13(19)20)3-7(12(17)18)4-9(11)14(21)22/h3-4,10H,1-2H3. The van der Waals surface area contributed by atoms with Gasteiger partial charge in [0.05, 0.1) is 26.9 Å². The predicted molar refractivity (Wildman–Crippen MR) is 70.5 cm³/mol. The Labute approximate surface area is 122 Å². The number of carbonyl (C=O) groups excluding carboxylic acids is 2. The number of nitro groups is 3. The van der Waals surface area contributed by atoms with Crippen molar-refractivity contribution in [3.8, 4) is 0 Å². The van der Waals surface area contributed by atoms with Gasteiger partial charge < -0.3 is 0 Å². The molecule has 1 aromatic carbocycles. The van der Waals surface area contributed by atoms with Crippen molar-refractivity contribution in [2.24, 2.45) is 0 Å². The topological polar surface area (TPSA) is 164 Å². The molecule has 11 heteroatoms. The fraction of sp³-hybridized carbons (Fsp3) is 0.273. The molecule has 22 heavy (non-hydrogen) atoms. The van der Waals surface area contributed by atoms with E-state index in [4.69, 9.17) is 0 Å². The highest BCUT2D eigenvalue weighted by Crippen LogP contribution is 2.39. The zero-order chi connectivity index (χ0) is 17.2. The van der Waals surface area contributed by atoms with E-state index in [2.05, 4.69) is 0 Å². The number of hydrogen-bond donors (Lipinski definition) is 0. The van der Waals surface area contributed by atoms with Crippen LogP contribution in [0.4, 0.5) is 17.1 Å². The summed E-state index contributed by atoms with van der Waals surface area (Å²) >= 11 is 0. The van der Waals surface area contributed by atoms with E-state index in [0.717, 1.165) is 13.8 Å². The third kappa shape index (κ3) is 3.08. The quantitative estimate of drug-likeness (QED) is 0.434. The fourth-order valence-electron chi connectivity index (χ4n) is 2.00. The highest BCUT2D eigenvalue weighted by molar-refractivity contribution is 6.07. The maximum absolute atomic E-state index is 11.6. The molecule has 0 aliphatic heterocycles. The lowest BCUT2D eigenvalue weighted by atomic mass is 9.89. The van der Waals surface area contributed by atoms with Crippen LogP contribution in [0.1, 0.15) is 25.3 Å². The summed E-state index contributed by atoms with van der Waals surface area (Å²) in [6.07, 6.45) is 0. The summed E-state index contributed by atoms with van der Waals surface area (Å²) in [6.45, 7) is 1.89. The summed E-state index contributed by atoms with van der Waals surface area (Å²) in [7, 11) is 0. The van der Waals surface area contributed by atoms with Crippen molar-refractivity contribution >= 4 is 28.6 Å². The highest BCUT2D eigenvalue weighted by Gasteiger charge is 2.39. The van der Waals surface area contributed by atoms with Crippen LogP contribution in [0, 0.1) is 30.3 Å². The Morgan fingerprint density at radius 2 is 1.23 bits per heavy atom. The number of rotatable bonds is 6. The van der Waals surface area contributed by atoms with Crippen LogP contribution in [0.25, 0.3) is 0 Å². The zero-order valence-electron chi connectivity index (χ0n) is 11.3. The maximum atomic E-state index is 11.6. The number of carbonyl (C=O) groups is 2. The first kappa shape index (κ1) is 16.8. The summed E-state index contributed by atoms with van der Waals surface area (Å²) in [5.74, 6) is -3.42. The van der Waals surface area contributed by atoms with Crippen molar-refractivity contribution in [3.63, 3.8) is 0 Å². The smallest absolute Gasteiger partial charge is 0.287 e. The monoisotopic (exact) mass is 311 g/mol. The third-order valence-electron chi connectivity index (χ3n) is 2.83. The summed E-state index contributed by atoms with van der Waals surface area (Å²) < 4.78 is 0. The third-order valence-corrected chi connectivity index (χ3v) is 2.83. The zero-order valence-corrected chi connectivity index (χ0v) is 11.3. The van der Waals surface area contributed by atoms with Crippen LogP contribution in [0.15, 0.2) is 12.1 Å². The van der Waals surface area contributed by atoms with Gasteiger partial charge in [0.25, 0.3) is 17.1 Å². The average molecular weight is 311 g/mol. The van der Waals surface area contributed by atoms with Gasteiger partial charge in [0.2, 0.25) is 0 Å². The summed E-state index contributed by atoms with van der Waals surface area (Å²) in [6, 6.07) is 0.975. The van der Waals surface area contributed by atoms with Crippen LogP contribution < -0.4 is 0 Å². The fourth-order valence-corrected chi connectivity index (χ4v) is 2.00. The van der Waals surface area contributed by atoms with Crippen molar-refractivity contribution in [1.82, 2.24) is 0 Å². The van der Waals surface area contributed by atoms with E-state index in [-0.39, 0.29) is 0 Å². The van der Waals surface area contributed by atoms with E-state index in [1.807, 2.05) is 0 Å². The molecule has 0 N–H and O–H groups in total.